The molecule has 0 spiro atoms. The first-order chi connectivity index (χ1) is 14.7. The molecule has 0 aromatic heterocycles. The summed E-state index contributed by atoms with van der Waals surface area (Å²) in [7, 11) is -3.00. The lowest BCUT2D eigenvalue weighted by molar-refractivity contribution is -0.132. The van der Waals surface area contributed by atoms with E-state index in [1.165, 1.54) is 32.1 Å². The molecule has 0 aliphatic rings. The van der Waals surface area contributed by atoms with Crippen molar-refractivity contribution >= 4 is 20.4 Å². The van der Waals surface area contributed by atoms with Crippen LogP contribution < -0.4 is 5.32 Å². The third kappa shape index (κ3) is 15.4. The molecular formula is C20H39NO9P+. The molecule has 6 atom stereocenters. The molecule has 6 unspecified atom stereocenters. The number of hydrogen-bond donors (Lipinski definition) is 6. The van der Waals surface area contributed by atoms with Gasteiger partial charge in [-0.25, -0.2) is 0 Å². The molecule has 0 saturated carbocycles. The first kappa shape index (κ1) is 30.0. The van der Waals surface area contributed by atoms with Crippen LogP contribution in [0.4, 0.5) is 0 Å². The number of carbonyl (C=O) groups is 2. The Bertz CT molecular complexity index is 509. The highest BCUT2D eigenvalue weighted by molar-refractivity contribution is 7.32. The number of hydrogen-bond acceptors (Lipinski definition) is 8. The van der Waals surface area contributed by atoms with Crippen LogP contribution in [0.3, 0.4) is 0 Å². The summed E-state index contributed by atoms with van der Waals surface area (Å²) in [6.45, 7) is 1.43. The van der Waals surface area contributed by atoms with Crippen LogP contribution in [0.1, 0.15) is 77.6 Å². The molecule has 6 N–H and O–H groups in total. The summed E-state index contributed by atoms with van der Waals surface area (Å²) >= 11 is 0. The minimum atomic E-state index is -3.00. The maximum Gasteiger partial charge on any atom is 0.694 e. The van der Waals surface area contributed by atoms with Crippen LogP contribution in [-0.4, -0.2) is 74.6 Å². The van der Waals surface area contributed by atoms with E-state index in [1.807, 2.05) is 0 Å². The van der Waals surface area contributed by atoms with Crippen LogP contribution in [-0.2, 0) is 18.7 Å². The summed E-state index contributed by atoms with van der Waals surface area (Å²) in [5, 5.41) is 41.6. The fraction of sp³-hybridized carbons (Fsp3) is 0.900. The predicted molar refractivity (Wildman–Crippen MR) is 114 cm³/mol. The number of aliphatic hydroxyl groups is 4. The maximum atomic E-state index is 12.0. The van der Waals surface area contributed by atoms with E-state index in [9.17, 15) is 34.6 Å². The number of nitrogens with one attached hydrogen (secondary N) is 1. The summed E-state index contributed by atoms with van der Waals surface area (Å²) in [6, 6.07) is -1.53. The quantitative estimate of drug-likeness (QED) is 0.0868. The Morgan fingerprint density at radius 2 is 1.52 bits per heavy atom. The van der Waals surface area contributed by atoms with Crippen molar-refractivity contribution in [2.75, 3.05) is 6.61 Å². The van der Waals surface area contributed by atoms with Gasteiger partial charge in [-0.2, -0.15) is 0 Å². The van der Waals surface area contributed by atoms with Crippen LogP contribution in [0.15, 0.2) is 0 Å². The number of carbonyl (C=O) groups excluding carboxylic acids is 2. The molecule has 182 valence electrons. The van der Waals surface area contributed by atoms with Crippen LogP contribution >= 0.6 is 8.25 Å². The standard InChI is InChI=1S/C20H38NO9P/c1-2-3-4-5-6-7-8-9-10-11-15(23)12-18(25)21-16(13-22)19(26)20(27)17(24)14-30-31(28)29/h13,15-17,19-20,23-24,26-27H,2-12,14H2,1H3,(H-,21,25,28,29)/p+1. The first-order valence-corrected chi connectivity index (χ1v) is 12.1. The molecule has 0 radical (unpaired) electrons. The third-order valence-electron chi connectivity index (χ3n) is 5.00. The lowest BCUT2D eigenvalue weighted by atomic mass is 10.0. The molecule has 10 nitrogen and oxygen atoms in total. The molecule has 31 heavy (non-hydrogen) atoms. The molecule has 0 heterocycles. The van der Waals surface area contributed by atoms with Gasteiger partial charge >= 0.3 is 8.25 Å². The van der Waals surface area contributed by atoms with Gasteiger partial charge in [-0.3, -0.25) is 4.79 Å². The van der Waals surface area contributed by atoms with Gasteiger partial charge in [-0.05, 0) is 6.42 Å². The number of aldehydes is 1. The zero-order valence-electron chi connectivity index (χ0n) is 18.3. The Kier molecular flexibility index (Phi) is 18.0. The van der Waals surface area contributed by atoms with E-state index in [2.05, 4.69) is 16.8 Å². The summed E-state index contributed by atoms with van der Waals surface area (Å²) in [5.74, 6) is -0.684. The molecule has 1 amide bonds. The van der Waals surface area contributed by atoms with Crippen molar-refractivity contribution in [3.05, 3.63) is 0 Å². The Morgan fingerprint density at radius 1 is 0.968 bits per heavy atom. The Hall–Kier alpha value is -1.00. The van der Waals surface area contributed by atoms with E-state index < -0.39 is 51.2 Å². The van der Waals surface area contributed by atoms with E-state index in [4.69, 9.17) is 4.89 Å². The van der Waals surface area contributed by atoms with Crippen LogP contribution in [0.25, 0.3) is 0 Å². The van der Waals surface area contributed by atoms with Crippen molar-refractivity contribution in [3.63, 3.8) is 0 Å². The predicted octanol–water partition coefficient (Wildman–Crippen LogP) is 1.09. The molecule has 0 saturated heterocycles. The van der Waals surface area contributed by atoms with Gasteiger partial charge in [0, 0.05) is 4.57 Å². The normalized spacial score (nSPS) is 16.8. The third-order valence-corrected chi connectivity index (χ3v) is 5.37. The Balaban J connectivity index is 4.14. The Morgan fingerprint density at radius 3 is 2.03 bits per heavy atom. The van der Waals surface area contributed by atoms with Gasteiger partial charge in [0.05, 0.1) is 12.5 Å². The van der Waals surface area contributed by atoms with Crippen molar-refractivity contribution in [1.29, 1.82) is 0 Å². The number of unbranched alkanes of at least 4 members (excludes halogenated alkanes) is 8. The lowest BCUT2D eigenvalue weighted by Gasteiger charge is -2.26. The zero-order chi connectivity index (χ0) is 23.6. The molecule has 11 heteroatoms. The van der Waals surface area contributed by atoms with Crippen molar-refractivity contribution < 1.29 is 44.0 Å². The van der Waals surface area contributed by atoms with E-state index >= 15 is 0 Å². The van der Waals surface area contributed by atoms with E-state index in [0.29, 0.717) is 6.42 Å². The monoisotopic (exact) mass is 468 g/mol. The van der Waals surface area contributed by atoms with Gasteiger partial charge in [0.15, 0.2) is 0 Å². The molecule has 0 rings (SSSR count). The van der Waals surface area contributed by atoms with E-state index in [0.717, 1.165) is 25.7 Å². The van der Waals surface area contributed by atoms with Crippen LogP contribution in [0.5, 0.6) is 0 Å². The second kappa shape index (κ2) is 18.6. The summed E-state index contributed by atoms with van der Waals surface area (Å²) in [4.78, 5) is 31.7. The molecule has 0 aliphatic carbocycles. The largest absolute Gasteiger partial charge is 0.694 e. The van der Waals surface area contributed by atoms with Gasteiger partial charge in [0.25, 0.3) is 0 Å². The number of rotatable bonds is 20. The SMILES string of the molecule is CCCCCCCCCCCC(O)CC(=O)NC(C=O)C(O)C(O)C(O)CO[P+](=O)O. The number of amides is 1. The topological polar surface area (TPSA) is 174 Å². The highest BCUT2D eigenvalue weighted by atomic mass is 31.1. The van der Waals surface area contributed by atoms with Crippen LogP contribution in [0.2, 0.25) is 0 Å². The van der Waals surface area contributed by atoms with Gasteiger partial charge in [-0.15, -0.1) is 9.42 Å². The molecular weight excluding hydrogens is 429 g/mol. The zero-order valence-corrected chi connectivity index (χ0v) is 19.2. The minimum Gasteiger partial charge on any atom is -0.393 e. The van der Waals surface area contributed by atoms with Crippen molar-refractivity contribution in [3.8, 4) is 0 Å². The first-order valence-electron chi connectivity index (χ1n) is 11.0. The Labute approximate surface area is 185 Å². The summed E-state index contributed by atoms with van der Waals surface area (Å²) < 4.78 is 14.7. The van der Waals surface area contributed by atoms with Crippen LogP contribution in [0, 0.1) is 0 Å². The highest BCUT2D eigenvalue weighted by Gasteiger charge is 2.34. The summed E-state index contributed by atoms with van der Waals surface area (Å²) in [5.41, 5.74) is 0. The van der Waals surface area contributed by atoms with Gasteiger partial charge < -0.3 is 30.5 Å². The second-order valence-corrected chi connectivity index (χ2v) is 8.52. The van der Waals surface area contributed by atoms with Gasteiger partial charge in [-0.1, -0.05) is 64.7 Å². The fourth-order valence-electron chi connectivity index (χ4n) is 3.13. The average Bonchev–Trinajstić information content (AvgIpc) is 2.73. The lowest BCUT2D eigenvalue weighted by Crippen LogP contribution is -2.53. The average molecular weight is 469 g/mol. The maximum absolute atomic E-state index is 12.0. The number of aliphatic hydroxyl groups excluding tert-OH is 4. The van der Waals surface area contributed by atoms with Gasteiger partial charge in [0.1, 0.15) is 37.2 Å². The molecule has 0 aromatic rings. The molecule has 0 aliphatic heterocycles. The van der Waals surface area contributed by atoms with Crippen molar-refractivity contribution in [2.45, 2.75) is 108 Å². The van der Waals surface area contributed by atoms with Crippen molar-refractivity contribution in [2.24, 2.45) is 0 Å². The summed E-state index contributed by atoms with van der Waals surface area (Å²) in [6.07, 6.45) is 4.18. The molecule has 0 aromatic carbocycles. The minimum absolute atomic E-state index is 0.193. The van der Waals surface area contributed by atoms with E-state index in [1.54, 1.807) is 0 Å². The smallest absolute Gasteiger partial charge is 0.393 e. The van der Waals surface area contributed by atoms with Gasteiger partial charge in [0.2, 0.25) is 5.91 Å². The fourth-order valence-corrected chi connectivity index (χ4v) is 3.41. The highest BCUT2D eigenvalue weighted by Crippen LogP contribution is 2.16. The molecule has 0 bridgehead atoms. The van der Waals surface area contributed by atoms with E-state index in [-0.39, 0.29) is 12.7 Å². The second-order valence-electron chi connectivity index (χ2n) is 7.79. The van der Waals surface area contributed by atoms with Crippen molar-refractivity contribution in [1.82, 2.24) is 5.32 Å². The molecule has 0 fully saturated rings.